The molecule has 0 aliphatic heterocycles. The summed E-state index contributed by atoms with van der Waals surface area (Å²) < 4.78 is 0. The van der Waals surface area contributed by atoms with Crippen LogP contribution >= 0.6 is 0 Å². The molecule has 0 fully saturated rings. The molecule has 14 heavy (non-hydrogen) atoms. The third-order valence-electron chi connectivity index (χ3n) is 2.37. The van der Waals surface area contributed by atoms with Crippen LogP contribution in [0.2, 0.25) is 0 Å². The Morgan fingerprint density at radius 1 is 1.29 bits per heavy atom. The molecular weight excluding hydrogens is 174 g/mol. The van der Waals surface area contributed by atoms with E-state index >= 15 is 0 Å². The summed E-state index contributed by atoms with van der Waals surface area (Å²) in [4.78, 5) is 4.07. The number of hydrogen-bond acceptors (Lipinski definition) is 3. The maximum Gasteiger partial charge on any atom is 0.0425 e. The van der Waals surface area contributed by atoms with Gasteiger partial charge in [-0.25, -0.2) is 0 Å². The summed E-state index contributed by atoms with van der Waals surface area (Å²) >= 11 is 0. The Morgan fingerprint density at radius 3 is 2.93 bits per heavy atom. The van der Waals surface area contributed by atoms with E-state index in [-0.39, 0.29) is 6.04 Å². The van der Waals surface area contributed by atoms with Crippen molar-refractivity contribution >= 4 is 10.8 Å². The maximum absolute atomic E-state index is 5.91. The van der Waals surface area contributed by atoms with Crippen molar-refractivity contribution in [2.75, 3.05) is 6.54 Å². The van der Waals surface area contributed by atoms with Crippen LogP contribution < -0.4 is 11.5 Å². The molecule has 0 saturated carbocycles. The minimum Gasteiger partial charge on any atom is -0.329 e. The summed E-state index contributed by atoms with van der Waals surface area (Å²) in [5, 5.41) is 2.24. The molecule has 0 saturated heterocycles. The molecule has 0 aliphatic rings. The predicted molar refractivity (Wildman–Crippen MR) is 57.7 cm³/mol. The molecule has 2 aromatic rings. The van der Waals surface area contributed by atoms with Gasteiger partial charge in [0.05, 0.1) is 0 Å². The fourth-order valence-electron chi connectivity index (χ4n) is 1.60. The lowest BCUT2D eigenvalue weighted by Gasteiger charge is -2.11. The van der Waals surface area contributed by atoms with Crippen LogP contribution in [0.25, 0.3) is 10.8 Å². The Balaban J connectivity index is 2.65. The van der Waals surface area contributed by atoms with Crippen LogP contribution in [0, 0.1) is 0 Å². The minimum atomic E-state index is -0.0962. The first-order valence-corrected chi connectivity index (χ1v) is 4.61. The number of hydrogen-bond donors (Lipinski definition) is 2. The molecule has 1 heterocycles. The number of rotatable bonds is 2. The quantitative estimate of drug-likeness (QED) is 0.742. The van der Waals surface area contributed by atoms with Gasteiger partial charge in [-0.3, -0.25) is 4.98 Å². The molecule has 2 rings (SSSR count). The molecule has 0 bridgehead atoms. The Morgan fingerprint density at radius 2 is 2.14 bits per heavy atom. The number of aromatic nitrogens is 1. The monoisotopic (exact) mass is 187 g/mol. The zero-order chi connectivity index (χ0) is 9.97. The van der Waals surface area contributed by atoms with E-state index in [4.69, 9.17) is 11.5 Å². The predicted octanol–water partition coefficient (Wildman–Crippen LogP) is 1.19. The molecule has 72 valence electrons. The Labute approximate surface area is 82.7 Å². The number of fused-ring (bicyclic) bond motifs is 1. The molecular formula is C11H13N3. The lowest BCUT2D eigenvalue weighted by Crippen LogP contribution is -2.20. The van der Waals surface area contributed by atoms with Crippen LogP contribution in [0.15, 0.2) is 36.7 Å². The van der Waals surface area contributed by atoms with Crippen molar-refractivity contribution in [2.45, 2.75) is 6.04 Å². The highest BCUT2D eigenvalue weighted by atomic mass is 14.7. The second kappa shape index (κ2) is 3.74. The summed E-state index contributed by atoms with van der Waals surface area (Å²) in [6, 6.07) is 7.89. The number of nitrogens with two attached hydrogens (primary N) is 2. The molecule has 4 N–H and O–H groups in total. The van der Waals surface area contributed by atoms with Crippen molar-refractivity contribution in [2.24, 2.45) is 11.5 Å². The Hall–Kier alpha value is -1.45. The minimum absolute atomic E-state index is 0.0962. The van der Waals surface area contributed by atoms with Gasteiger partial charge in [0.1, 0.15) is 0 Å². The summed E-state index contributed by atoms with van der Waals surface area (Å²) in [5.41, 5.74) is 12.6. The SMILES string of the molecule is NCC(N)c1cccc2cnccc12. The van der Waals surface area contributed by atoms with Gasteiger partial charge in [0.2, 0.25) is 0 Å². The van der Waals surface area contributed by atoms with Gasteiger partial charge < -0.3 is 11.5 Å². The topological polar surface area (TPSA) is 64.9 Å². The highest BCUT2D eigenvalue weighted by Gasteiger charge is 2.06. The van der Waals surface area contributed by atoms with Gasteiger partial charge in [-0.05, 0) is 17.0 Å². The normalized spacial score (nSPS) is 13.0. The standard InChI is InChI=1S/C11H13N3/c12-6-11(13)10-3-1-2-8-7-14-5-4-9(8)10/h1-5,7,11H,6,12-13H2. The van der Waals surface area contributed by atoms with Crippen molar-refractivity contribution in [3.8, 4) is 0 Å². The lowest BCUT2D eigenvalue weighted by atomic mass is 10.0. The van der Waals surface area contributed by atoms with E-state index in [1.165, 1.54) is 0 Å². The highest BCUT2D eigenvalue weighted by molar-refractivity contribution is 5.85. The third-order valence-corrected chi connectivity index (χ3v) is 2.37. The van der Waals surface area contributed by atoms with Gasteiger partial charge in [0.15, 0.2) is 0 Å². The van der Waals surface area contributed by atoms with E-state index < -0.39 is 0 Å². The van der Waals surface area contributed by atoms with E-state index in [0.717, 1.165) is 16.3 Å². The van der Waals surface area contributed by atoms with Crippen molar-refractivity contribution in [3.63, 3.8) is 0 Å². The Bertz CT molecular complexity index is 434. The molecule has 0 aliphatic carbocycles. The fourth-order valence-corrected chi connectivity index (χ4v) is 1.60. The lowest BCUT2D eigenvalue weighted by molar-refractivity contribution is 0.743. The van der Waals surface area contributed by atoms with Crippen LogP contribution in [0.3, 0.4) is 0 Å². The van der Waals surface area contributed by atoms with Crippen molar-refractivity contribution in [1.82, 2.24) is 4.98 Å². The summed E-state index contributed by atoms with van der Waals surface area (Å²) in [7, 11) is 0. The van der Waals surface area contributed by atoms with Gasteiger partial charge in [0.25, 0.3) is 0 Å². The van der Waals surface area contributed by atoms with Gasteiger partial charge in [-0.15, -0.1) is 0 Å². The van der Waals surface area contributed by atoms with Gasteiger partial charge in [-0.2, -0.15) is 0 Å². The van der Waals surface area contributed by atoms with Crippen LogP contribution in [-0.4, -0.2) is 11.5 Å². The number of nitrogens with zero attached hydrogens (tertiary/aromatic N) is 1. The van der Waals surface area contributed by atoms with E-state index in [1.807, 2.05) is 30.5 Å². The first-order chi connectivity index (χ1) is 6.83. The second-order valence-electron chi connectivity index (χ2n) is 3.29. The zero-order valence-electron chi connectivity index (χ0n) is 7.85. The first kappa shape index (κ1) is 9.12. The molecule has 0 amide bonds. The van der Waals surface area contributed by atoms with Crippen molar-refractivity contribution in [3.05, 3.63) is 42.2 Å². The fraction of sp³-hybridized carbons (Fsp3) is 0.182. The second-order valence-corrected chi connectivity index (χ2v) is 3.29. The smallest absolute Gasteiger partial charge is 0.0425 e. The van der Waals surface area contributed by atoms with Crippen molar-refractivity contribution < 1.29 is 0 Å². The molecule has 1 aromatic heterocycles. The molecule has 0 spiro atoms. The van der Waals surface area contributed by atoms with Crippen LogP contribution in [0.5, 0.6) is 0 Å². The summed E-state index contributed by atoms with van der Waals surface area (Å²) in [6.45, 7) is 0.460. The average Bonchev–Trinajstić information content (AvgIpc) is 2.27. The average molecular weight is 187 g/mol. The van der Waals surface area contributed by atoms with Gasteiger partial charge in [-0.1, -0.05) is 18.2 Å². The highest BCUT2D eigenvalue weighted by Crippen LogP contribution is 2.21. The summed E-state index contributed by atoms with van der Waals surface area (Å²) in [6.07, 6.45) is 3.61. The molecule has 3 nitrogen and oxygen atoms in total. The molecule has 0 radical (unpaired) electrons. The zero-order valence-corrected chi connectivity index (χ0v) is 7.85. The van der Waals surface area contributed by atoms with Gasteiger partial charge in [0, 0.05) is 30.4 Å². The number of benzene rings is 1. The van der Waals surface area contributed by atoms with Crippen LogP contribution in [0.4, 0.5) is 0 Å². The van der Waals surface area contributed by atoms with Crippen molar-refractivity contribution in [1.29, 1.82) is 0 Å². The van der Waals surface area contributed by atoms with E-state index in [1.54, 1.807) is 6.20 Å². The molecule has 1 unspecified atom stereocenters. The largest absolute Gasteiger partial charge is 0.329 e. The van der Waals surface area contributed by atoms with Crippen LogP contribution in [0.1, 0.15) is 11.6 Å². The van der Waals surface area contributed by atoms with E-state index in [0.29, 0.717) is 6.54 Å². The molecule has 1 atom stereocenters. The first-order valence-electron chi connectivity index (χ1n) is 4.61. The van der Waals surface area contributed by atoms with Gasteiger partial charge >= 0.3 is 0 Å². The maximum atomic E-state index is 5.91. The van der Waals surface area contributed by atoms with Crippen LogP contribution in [-0.2, 0) is 0 Å². The molecule has 3 heteroatoms. The van der Waals surface area contributed by atoms with E-state index in [9.17, 15) is 0 Å². The summed E-state index contributed by atoms with van der Waals surface area (Å²) in [5.74, 6) is 0. The third kappa shape index (κ3) is 1.47. The molecule has 1 aromatic carbocycles. The van der Waals surface area contributed by atoms with E-state index in [2.05, 4.69) is 4.98 Å². The number of pyridine rings is 1. The Kier molecular flexibility index (Phi) is 2.43.